The number of nitrogens with two attached hydrogens (primary N) is 1. The molecule has 1 aromatic heterocycles. The van der Waals surface area contributed by atoms with Crippen LogP contribution in [-0.2, 0) is 11.3 Å². The third kappa shape index (κ3) is 1.94. The molecular formula is C5H8N6O3. The first-order valence-corrected chi connectivity index (χ1v) is 3.60. The Morgan fingerprint density at radius 1 is 1.79 bits per heavy atom. The lowest BCUT2D eigenvalue weighted by Crippen LogP contribution is -2.24. The Labute approximate surface area is 78.1 Å². The SMILES string of the molecule is CNC(=O)Cn1nc([N+](=O)[O-])nc1N. The van der Waals surface area contributed by atoms with Gasteiger partial charge in [-0.15, -0.1) is 4.68 Å². The van der Waals surface area contributed by atoms with Crippen LogP contribution in [0.1, 0.15) is 0 Å². The highest BCUT2D eigenvalue weighted by Crippen LogP contribution is 2.06. The number of hydrogen-bond acceptors (Lipinski definition) is 6. The Morgan fingerprint density at radius 2 is 2.43 bits per heavy atom. The van der Waals surface area contributed by atoms with Crippen LogP contribution >= 0.6 is 0 Å². The normalized spacial score (nSPS) is 9.79. The molecular weight excluding hydrogens is 192 g/mol. The van der Waals surface area contributed by atoms with Crippen LogP contribution < -0.4 is 11.1 Å². The molecule has 0 aromatic carbocycles. The van der Waals surface area contributed by atoms with E-state index in [-0.39, 0.29) is 18.4 Å². The maximum Gasteiger partial charge on any atom is 0.493 e. The molecule has 76 valence electrons. The summed E-state index contributed by atoms with van der Waals surface area (Å²) >= 11 is 0. The average molecular weight is 200 g/mol. The minimum Gasteiger partial charge on any atom is -0.390 e. The molecule has 1 aromatic rings. The third-order valence-electron chi connectivity index (χ3n) is 1.42. The molecule has 0 bridgehead atoms. The van der Waals surface area contributed by atoms with Crippen molar-refractivity contribution in [3.8, 4) is 0 Å². The smallest absolute Gasteiger partial charge is 0.390 e. The maximum atomic E-state index is 10.9. The van der Waals surface area contributed by atoms with Gasteiger partial charge in [0, 0.05) is 12.1 Å². The molecule has 0 saturated carbocycles. The Balaban J connectivity index is 2.88. The summed E-state index contributed by atoms with van der Waals surface area (Å²) in [6, 6.07) is 0. The summed E-state index contributed by atoms with van der Waals surface area (Å²) in [6.45, 7) is -0.191. The lowest BCUT2D eigenvalue weighted by molar-refractivity contribution is -0.394. The molecule has 0 aliphatic rings. The van der Waals surface area contributed by atoms with Gasteiger partial charge >= 0.3 is 11.9 Å². The van der Waals surface area contributed by atoms with Gasteiger partial charge in [-0.05, 0) is 9.91 Å². The molecule has 9 nitrogen and oxygen atoms in total. The van der Waals surface area contributed by atoms with Gasteiger partial charge in [0.25, 0.3) is 0 Å². The fourth-order valence-corrected chi connectivity index (χ4v) is 0.751. The second kappa shape index (κ2) is 3.68. The zero-order valence-electron chi connectivity index (χ0n) is 7.30. The first-order chi connectivity index (χ1) is 6.54. The number of nitrogen functional groups attached to an aromatic ring is 1. The van der Waals surface area contributed by atoms with Gasteiger partial charge in [0.15, 0.2) is 0 Å². The number of amides is 1. The lowest BCUT2D eigenvalue weighted by atomic mass is 10.6. The number of anilines is 1. The first kappa shape index (κ1) is 9.89. The van der Waals surface area contributed by atoms with Crippen molar-refractivity contribution in [1.29, 1.82) is 0 Å². The topological polar surface area (TPSA) is 129 Å². The number of nitrogens with one attached hydrogen (secondary N) is 1. The Bertz CT molecular complexity index is 372. The van der Waals surface area contributed by atoms with Gasteiger partial charge in [-0.2, -0.15) is 0 Å². The van der Waals surface area contributed by atoms with E-state index in [4.69, 9.17) is 5.73 Å². The van der Waals surface area contributed by atoms with E-state index in [0.29, 0.717) is 0 Å². The lowest BCUT2D eigenvalue weighted by Gasteiger charge is -1.95. The van der Waals surface area contributed by atoms with E-state index in [1.165, 1.54) is 7.05 Å². The van der Waals surface area contributed by atoms with E-state index < -0.39 is 10.9 Å². The van der Waals surface area contributed by atoms with Gasteiger partial charge in [0.1, 0.15) is 6.54 Å². The summed E-state index contributed by atoms with van der Waals surface area (Å²) in [4.78, 5) is 23.7. The van der Waals surface area contributed by atoms with Crippen LogP contribution in [0.4, 0.5) is 11.9 Å². The molecule has 3 N–H and O–H groups in total. The fourth-order valence-electron chi connectivity index (χ4n) is 0.751. The minimum absolute atomic E-state index is 0.166. The highest BCUT2D eigenvalue weighted by Gasteiger charge is 2.20. The van der Waals surface area contributed by atoms with Crippen LogP contribution in [0.3, 0.4) is 0 Å². The fraction of sp³-hybridized carbons (Fsp3) is 0.400. The summed E-state index contributed by atoms with van der Waals surface area (Å²) in [5, 5.41) is 16.0. The number of likely N-dealkylation sites (N-methyl/N-ethyl adjacent to an activating group) is 1. The van der Waals surface area contributed by atoms with E-state index in [0.717, 1.165) is 4.68 Å². The molecule has 0 fully saturated rings. The molecule has 0 radical (unpaired) electrons. The van der Waals surface area contributed by atoms with Crippen LogP contribution in [0, 0.1) is 10.1 Å². The molecule has 0 spiro atoms. The quantitative estimate of drug-likeness (QED) is 0.452. The Morgan fingerprint density at radius 3 is 2.86 bits per heavy atom. The van der Waals surface area contributed by atoms with Gasteiger partial charge in [0.05, 0.1) is 0 Å². The van der Waals surface area contributed by atoms with E-state index in [1.54, 1.807) is 0 Å². The molecule has 14 heavy (non-hydrogen) atoms. The van der Waals surface area contributed by atoms with E-state index in [2.05, 4.69) is 15.4 Å². The van der Waals surface area contributed by atoms with Gasteiger partial charge in [-0.25, -0.2) is 0 Å². The van der Waals surface area contributed by atoms with Crippen molar-refractivity contribution < 1.29 is 9.72 Å². The number of aromatic nitrogens is 3. The van der Waals surface area contributed by atoms with Gasteiger partial charge in [-0.3, -0.25) is 4.79 Å². The molecule has 1 heterocycles. The standard InChI is InChI=1S/C5H8N6O3/c1-7-3(12)2-10-4(6)8-5(9-10)11(13)14/h2H2,1H3,(H,7,12)(H2,6,8,9). The summed E-state index contributed by atoms with van der Waals surface area (Å²) in [6.07, 6.45) is 0. The largest absolute Gasteiger partial charge is 0.493 e. The van der Waals surface area contributed by atoms with Crippen molar-refractivity contribution in [1.82, 2.24) is 20.1 Å². The van der Waals surface area contributed by atoms with Gasteiger partial charge in [0.2, 0.25) is 5.91 Å². The van der Waals surface area contributed by atoms with E-state index >= 15 is 0 Å². The molecule has 9 heteroatoms. The molecule has 0 atom stereocenters. The predicted molar refractivity (Wildman–Crippen MR) is 45.2 cm³/mol. The van der Waals surface area contributed by atoms with Crippen molar-refractivity contribution in [2.45, 2.75) is 6.54 Å². The highest BCUT2D eigenvalue weighted by atomic mass is 16.6. The van der Waals surface area contributed by atoms with Crippen molar-refractivity contribution in [2.75, 3.05) is 12.8 Å². The molecule has 0 aliphatic carbocycles. The van der Waals surface area contributed by atoms with Crippen molar-refractivity contribution in [2.24, 2.45) is 0 Å². The molecule has 0 aliphatic heterocycles. The zero-order valence-corrected chi connectivity index (χ0v) is 7.30. The predicted octanol–water partition coefficient (Wildman–Crippen LogP) is -1.49. The first-order valence-electron chi connectivity index (χ1n) is 3.60. The van der Waals surface area contributed by atoms with Crippen molar-refractivity contribution in [3.05, 3.63) is 10.1 Å². The number of nitro groups is 1. The number of hydrogen-bond donors (Lipinski definition) is 2. The van der Waals surface area contributed by atoms with E-state index in [1.807, 2.05) is 0 Å². The van der Waals surface area contributed by atoms with Gasteiger partial charge in [-0.1, -0.05) is 0 Å². The summed E-state index contributed by atoms with van der Waals surface area (Å²) in [7, 11) is 1.43. The highest BCUT2D eigenvalue weighted by molar-refractivity contribution is 5.75. The Hall–Kier alpha value is -2.19. The maximum absolute atomic E-state index is 10.9. The molecule has 1 rings (SSSR count). The minimum atomic E-state index is -0.781. The van der Waals surface area contributed by atoms with Crippen LogP contribution in [0.5, 0.6) is 0 Å². The van der Waals surface area contributed by atoms with Crippen molar-refractivity contribution >= 4 is 17.8 Å². The molecule has 0 unspecified atom stereocenters. The van der Waals surface area contributed by atoms with Crippen LogP contribution in [0.15, 0.2) is 0 Å². The third-order valence-corrected chi connectivity index (χ3v) is 1.42. The number of carbonyl (C=O) groups is 1. The second-order valence-corrected chi connectivity index (χ2v) is 2.36. The van der Waals surface area contributed by atoms with Crippen molar-refractivity contribution in [3.63, 3.8) is 0 Å². The monoisotopic (exact) mass is 200 g/mol. The molecule has 0 saturated heterocycles. The summed E-state index contributed by atoms with van der Waals surface area (Å²) in [5.74, 6) is -1.15. The molecule has 1 amide bonds. The Kier molecular flexibility index (Phi) is 2.60. The van der Waals surface area contributed by atoms with Crippen LogP contribution in [-0.4, -0.2) is 32.6 Å². The van der Waals surface area contributed by atoms with Crippen LogP contribution in [0.2, 0.25) is 0 Å². The van der Waals surface area contributed by atoms with Gasteiger partial charge < -0.3 is 21.2 Å². The number of rotatable bonds is 3. The zero-order chi connectivity index (χ0) is 10.7. The summed E-state index contributed by atoms with van der Waals surface area (Å²) in [5.41, 5.74) is 5.29. The summed E-state index contributed by atoms with van der Waals surface area (Å²) < 4.78 is 0.955. The van der Waals surface area contributed by atoms with Crippen LogP contribution in [0.25, 0.3) is 0 Å². The second-order valence-electron chi connectivity index (χ2n) is 2.36. The number of carbonyl (C=O) groups excluding carboxylic acids is 1. The average Bonchev–Trinajstić information content (AvgIpc) is 2.48. The number of nitrogens with zero attached hydrogens (tertiary/aromatic N) is 4. The van der Waals surface area contributed by atoms with E-state index in [9.17, 15) is 14.9 Å².